The molecule has 0 aliphatic carbocycles. The third-order valence-corrected chi connectivity index (χ3v) is 4.20. The number of halogens is 4. The SMILES string of the molecule is COCC(CCl)N(C)CC(Cl)c1ccc(Cl)cc1Cl. The molecule has 0 aliphatic rings. The molecule has 0 heterocycles. The van der Waals surface area contributed by atoms with Crippen LogP contribution in [0.15, 0.2) is 18.2 Å². The molecule has 108 valence electrons. The Morgan fingerprint density at radius 3 is 2.53 bits per heavy atom. The molecule has 19 heavy (non-hydrogen) atoms. The Morgan fingerprint density at radius 1 is 1.32 bits per heavy atom. The van der Waals surface area contributed by atoms with Crippen molar-refractivity contribution in [2.45, 2.75) is 11.4 Å². The molecule has 0 N–H and O–H groups in total. The molecule has 1 aromatic rings. The van der Waals surface area contributed by atoms with Gasteiger partial charge in [0, 0.05) is 35.6 Å². The lowest BCUT2D eigenvalue weighted by Gasteiger charge is -2.28. The summed E-state index contributed by atoms with van der Waals surface area (Å²) in [6, 6.07) is 5.45. The highest BCUT2D eigenvalue weighted by Crippen LogP contribution is 2.30. The first kappa shape index (κ1) is 17.4. The molecular formula is C13H17Cl4NO. The third kappa shape index (κ3) is 5.30. The molecule has 2 nitrogen and oxygen atoms in total. The molecule has 0 aromatic heterocycles. The van der Waals surface area contributed by atoms with Gasteiger partial charge in [0.2, 0.25) is 0 Å². The van der Waals surface area contributed by atoms with E-state index in [4.69, 9.17) is 51.1 Å². The minimum atomic E-state index is -0.225. The van der Waals surface area contributed by atoms with Crippen molar-refractivity contribution >= 4 is 46.4 Å². The standard InChI is InChI=1S/C13H17Cl4NO/c1-18(10(6-14)8-19-2)7-13(17)11-4-3-9(15)5-12(11)16/h3-5,10,13H,6-8H2,1-2H3. The van der Waals surface area contributed by atoms with E-state index in [-0.39, 0.29) is 11.4 Å². The number of hydrogen-bond acceptors (Lipinski definition) is 2. The quantitative estimate of drug-likeness (QED) is 0.677. The Kier molecular flexibility index (Phi) is 7.81. The van der Waals surface area contributed by atoms with Crippen LogP contribution >= 0.6 is 46.4 Å². The number of ether oxygens (including phenoxy) is 1. The van der Waals surface area contributed by atoms with E-state index in [0.717, 1.165) is 5.56 Å². The van der Waals surface area contributed by atoms with E-state index in [0.29, 0.717) is 29.1 Å². The van der Waals surface area contributed by atoms with Gasteiger partial charge in [0.1, 0.15) is 0 Å². The largest absolute Gasteiger partial charge is 0.383 e. The summed E-state index contributed by atoms with van der Waals surface area (Å²) in [5, 5.41) is 0.955. The number of alkyl halides is 2. The second-order valence-electron chi connectivity index (χ2n) is 4.34. The van der Waals surface area contributed by atoms with Crippen molar-refractivity contribution in [3.05, 3.63) is 33.8 Å². The minimum absolute atomic E-state index is 0.124. The summed E-state index contributed by atoms with van der Waals surface area (Å²) in [4.78, 5) is 2.07. The fraction of sp³-hybridized carbons (Fsp3) is 0.538. The summed E-state index contributed by atoms with van der Waals surface area (Å²) in [6.45, 7) is 1.20. The summed E-state index contributed by atoms with van der Waals surface area (Å²) < 4.78 is 5.13. The van der Waals surface area contributed by atoms with Crippen molar-refractivity contribution in [3.63, 3.8) is 0 Å². The molecule has 0 saturated heterocycles. The second kappa shape index (κ2) is 8.56. The molecule has 0 saturated carbocycles. The number of benzene rings is 1. The first-order valence-corrected chi connectivity index (χ1v) is 7.56. The van der Waals surface area contributed by atoms with Gasteiger partial charge in [-0.15, -0.1) is 23.2 Å². The predicted octanol–water partition coefficient (Wildman–Crippen LogP) is 4.46. The lowest BCUT2D eigenvalue weighted by molar-refractivity contribution is 0.117. The maximum absolute atomic E-state index is 6.41. The van der Waals surface area contributed by atoms with Crippen LogP contribution < -0.4 is 0 Å². The van der Waals surface area contributed by atoms with E-state index in [2.05, 4.69) is 4.90 Å². The Hall–Kier alpha value is 0.300. The van der Waals surface area contributed by atoms with Gasteiger partial charge in [-0.2, -0.15) is 0 Å². The molecule has 1 aromatic carbocycles. The molecule has 2 unspecified atom stereocenters. The summed E-state index contributed by atoms with van der Waals surface area (Å²) in [5.41, 5.74) is 0.866. The number of methoxy groups -OCH3 is 1. The third-order valence-electron chi connectivity index (χ3n) is 2.91. The Balaban J connectivity index is 2.70. The van der Waals surface area contributed by atoms with Crippen LogP contribution in [0.5, 0.6) is 0 Å². The zero-order valence-electron chi connectivity index (χ0n) is 10.9. The summed E-state index contributed by atoms with van der Waals surface area (Å²) >= 11 is 24.3. The summed E-state index contributed by atoms with van der Waals surface area (Å²) in [6.07, 6.45) is 0. The lowest BCUT2D eigenvalue weighted by atomic mass is 10.1. The van der Waals surface area contributed by atoms with E-state index in [9.17, 15) is 0 Å². The number of nitrogens with zero attached hydrogens (tertiary/aromatic N) is 1. The van der Waals surface area contributed by atoms with Gasteiger partial charge < -0.3 is 4.74 Å². The molecule has 0 radical (unpaired) electrons. The molecular weight excluding hydrogens is 328 g/mol. The van der Waals surface area contributed by atoms with Crippen molar-refractivity contribution in [2.75, 3.05) is 33.2 Å². The maximum atomic E-state index is 6.41. The smallest absolute Gasteiger partial charge is 0.0726 e. The van der Waals surface area contributed by atoms with Crippen LogP contribution in [0, 0.1) is 0 Å². The molecule has 0 amide bonds. The first-order valence-electron chi connectivity index (χ1n) is 5.83. The van der Waals surface area contributed by atoms with Gasteiger partial charge in [0.15, 0.2) is 0 Å². The van der Waals surface area contributed by atoms with E-state index in [1.165, 1.54) is 0 Å². The second-order valence-corrected chi connectivity index (χ2v) is 6.02. The highest BCUT2D eigenvalue weighted by atomic mass is 35.5. The van der Waals surface area contributed by atoms with Crippen LogP contribution in [0.4, 0.5) is 0 Å². The Bertz CT molecular complexity index is 402. The number of hydrogen-bond donors (Lipinski definition) is 0. The summed E-state index contributed by atoms with van der Waals surface area (Å²) in [7, 11) is 3.62. The maximum Gasteiger partial charge on any atom is 0.0726 e. The van der Waals surface area contributed by atoms with Crippen LogP contribution in [-0.4, -0.2) is 44.1 Å². The van der Waals surface area contributed by atoms with E-state index in [1.54, 1.807) is 19.2 Å². The van der Waals surface area contributed by atoms with E-state index >= 15 is 0 Å². The highest BCUT2D eigenvalue weighted by molar-refractivity contribution is 6.35. The topological polar surface area (TPSA) is 12.5 Å². The molecule has 0 fully saturated rings. The Morgan fingerprint density at radius 2 is 2.00 bits per heavy atom. The first-order chi connectivity index (χ1) is 8.99. The lowest BCUT2D eigenvalue weighted by Crippen LogP contribution is -2.38. The van der Waals surface area contributed by atoms with Gasteiger partial charge in [0.25, 0.3) is 0 Å². The van der Waals surface area contributed by atoms with Gasteiger partial charge in [-0.05, 0) is 24.7 Å². The van der Waals surface area contributed by atoms with Crippen LogP contribution in [0.25, 0.3) is 0 Å². The molecule has 0 bridgehead atoms. The van der Waals surface area contributed by atoms with Crippen LogP contribution in [0.3, 0.4) is 0 Å². The van der Waals surface area contributed by atoms with Gasteiger partial charge in [-0.1, -0.05) is 29.3 Å². The van der Waals surface area contributed by atoms with Crippen molar-refractivity contribution < 1.29 is 4.74 Å². The number of rotatable bonds is 7. The molecule has 1 rings (SSSR count). The van der Waals surface area contributed by atoms with Gasteiger partial charge in [0.05, 0.1) is 12.0 Å². The average Bonchev–Trinajstić information content (AvgIpc) is 2.35. The van der Waals surface area contributed by atoms with Crippen molar-refractivity contribution in [1.29, 1.82) is 0 Å². The molecule has 0 aliphatic heterocycles. The molecule has 2 atom stereocenters. The van der Waals surface area contributed by atoms with Gasteiger partial charge in [-0.3, -0.25) is 4.90 Å². The number of likely N-dealkylation sites (N-methyl/N-ethyl adjacent to an activating group) is 1. The van der Waals surface area contributed by atoms with Crippen LogP contribution in [0.1, 0.15) is 10.9 Å². The van der Waals surface area contributed by atoms with Gasteiger partial charge in [-0.25, -0.2) is 0 Å². The molecule has 0 spiro atoms. The predicted molar refractivity (Wildman–Crippen MR) is 84.1 cm³/mol. The Labute approximate surface area is 134 Å². The van der Waals surface area contributed by atoms with Crippen molar-refractivity contribution in [1.82, 2.24) is 4.90 Å². The fourth-order valence-electron chi connectivity index (χ4n) is 1.74. The van der Waals surface area contributed by atoms with Gasteiger partial charge >= 0.3 is 0 Å². The highest BCUT2D eigenvalue weighted by Gasteiger charge is 2.19. The van der Waals surface area contributed by atoms with Crippen LogP contribution in [0.2, 0.25) is 10.0 Å². The monoisotopic (exact) mass is 343 g/mol. The van der Waals surface area contributed by atoms with Crippen LogP contribution in [-0.2, 0) is 4.74 Å². The van der Waals surface area contributed by atoms with Crippen molar-refractivity contribution in [2.24, 2.45) is 0 Å². The minimum Gasteiger partial charge on any atom is -0.383 e. The van der Waals surface area contributed by atoms with E-state index in [1.807, 2.05) is 13.1 Å². The normalized spacial score (nSPS) is 14.7. The molecule has 6 heteroatoms. The zero-order valence-corrected chi connectivity index (χ0v) is 13.9. The summed E-state index contributed by atoms with van der Waals surface area (Å²) in [5.74, 6) is 0.488. The zero-order chi connectivity index (χ0) is 14.4. The fourth-order valence-corrected chi connectivity index (χ4v) is 3.07. The van der Waals surface area contributed by atoms with Crippen molar-refractivity contribution in [3.8, 4) is 0 Å². The average molecular weight is 345 g/mol. The van der Waals surface area contributed by atoms with E-state index < -0.39 is 0 Å².